The first-order valence-corrected chi connectivity index (χ1v) is 9.99. The zero-order valence-electron chi connectivity index (χ0n) is 16.5. The number of rotatable bonds is 5. The lowest BCUT2D eigenvalue weighted by molar-refractivity contribution is -0.123. The molecular weight excluding hydrogens is 407 g/mol. The summed E-state index contributed by atoms with van der Waals surface area (Å²) in [5.74, 6) is -0.435. The molecule has 2 heterocycles. The SMILES string of the molecule is CCc1nn2c(c1-c1ccc(F)cc1)NC(=O)C2CC(=O)Nc1ccc(C)c(Cl)c1. The van der Waals surface area contributed by atoms with E-state index in [9.17, 15) is 14.0 Å². The van der Waals surface area contributed by atoms with E-state index in [4.69, 9.17) is 11.6 Å². The van der Waals surface area contributed by atoms with Crippen molar-refractivity contribution in [2.24, 2.45) is 0 Å². The first-order chi connectivity index (χ1) is 14.4. The molecule has 0 radical (unpaired) electrons. The van der Waals surface area contributed by atoms with E-state index in [0.717, 1.165) is 22.4 Å². The number of nitrogens with one attached hydrogen (secondary N) is 2. The Morgan fingerprint density at radius 1 is 1.27 bits per heavy atom. The molecule has 2 aromatic carbocycles. The Hall–Kier alpha value is -3.19. The van der Waals surface area contributed by atoms with Crippen LogP contribution in [0.1, 0.15) is 30.6 Å². The van der Waals surface area contributed by atoms with Gasteiger partial charge in [0.05, 0.1) is 12.1 Å². The molecule has 0 bridgehead atoms. The van der Waals surface area contributed by atoms with Crippen LogP contribution in [-0.2, 0) is 16.0 Å². The maximum atomic E-state index is 13.3. The highest BCUT2D eigenvalue weighted by molar-refractivity contribution is 6.31. The molecule has 2 amide bonds. The van der Waals surface area contributed by atoms with Crippen molar-refractivity contribution < 1.29 is 14.0 Å². The molecule has 0 saturated heterocycles. The van der Waals surface area contributed by atoms with E-state index in [1.165, 1.54) is 12.1 Å². The monoisotopic (exact) mass is 426 g/mol. The number of aromatic nitrogens is 2. The van der Waals surface area contributed by atoms with Crippen molar-refractivity contribution >= 4 is 34.9 Å². The maximum Gasteiger partial charge on any atom is 0.251 e. The van der Waals surface area contributed by atoms with Crippen LogP contribution in [0.4, 0.5) is 15.9 Å². The van der Waals surface area contributed by atoms with E-state index < -0.39 is 6.04 Å². The van der Waals surface area contributed by atoms with Gasteiger partial charge in [0.2, 0.25) is 5.91 Å². The van der Waals surface area contributed by atoms with E-state index in [1.54, 1.807) is 28.9 Å². The van der Waals surface area contributed by atoms with Gasteiger partial charge in [0.15, 0.2) is 0 Å². The highest BCUT2D eigenvalue weighted by Gasteiger charge is 2.36. The summed E-state index contributed by atoms with van der Waals surface area (Å²) in [6.07, 6.45) is 0.557. The molecule has 1 aliphatic heterocycles. The number of fused-ring (bicyclic) bond motifs is 1. The molecule has 1 unspecified atom stereocenters. The first-order valence-electron chi connectivity index (χ1n) is 9.61. The van der Waals surface area contributed by atoms with Crippen LogP contribution in [0.3, 0.4) is 0 Å². The molecule has 1 aromatic heterocycles. The molecule has 8 heteroatoms. The van der Waals surface area contributed by atoms with Crippen molar-refractivity contribution in [2.75, 3.05) is 10.6 Å². The molecule has 0 saturated carbocycles. The number of nitrogens with zero attached hydrogens (tertiary/aromatic N) is 2. The lowest BCUT2D eigenvalue weighted by atomic mass is 10.0. The van der Waals surface area contributed by atoms with Crippen LogP contribution in [0.25, 0.3) is 11.1 Å². The third-order valence-corrected chi connectivity index (χ3v) is 5.53. The minimum atomic E-state index is -0.764. The van der Waals surface area contributed by atoms with Crippen LogP contribution in [0.2, 0.25) is 5.02 Å². The van der Waals surface area contributed by atoms with Gasteiger partial charge in [-0.25, -0.2) is 9.07 Å². The number of amides is 2. The van der Waals surface area contributed by atoms with Crippen LogP contribution in [0, 0.1) is 12.7 Å². The topological polar surface area (TPSA) is 76.0 Å². The second kappa shape index (κ2) is 7.91. The molecule has 1 aliphatic rings. The first kappa shape index (κ1) is 20.1. The summed E-state index contributed by atoms with van der Waals surface area (Å²) in [5.41, 5.74) is 3.75. The molecule has 0 spiro atoms. The molecule has 1 atom stereocenters. The van der Waals surface area contributed by atoms with Crippen LogP contribution >= 0.6 is 11.6 Å². The molecular formula is C22H20ClFN4O2. The van der Waals surface area contributed by atoms with E-state index in [0.29, 0.717) is 22.9 Å². The smallest absolute Gasteiger partial charge is 0.251 e. The predicted octanol–water partition coefficient (Wildman–Crippen LogP) is 4.74. The number of carbonyl (C=O) groups is 2. The van der Waals surface area contributed by atoms with Crippen molar-refractivity contribution in [2.45, 2.75) is 32.7 Å². The molecule has 0 aliphatic carbocycles. The highest BCUT2D eigenvalue weighted by atomic mass is 35.5. The third kappa shape index (κ3) is 3.68. The van der Waals surface area contributed by atoms with Crippen molar-refractivity contribution in [1.29, 1.82) is 0 Å². The zero-order valence-corrected chi connectivity index (χ0v) is 17.3. The van der Waals surface area contributed by atoms with E-state index in [-0.39, 0.29) is 24.1 Å². The van der Waals surface area contributed by atoms with Crippen LogP contribution < -0.4 is 10.6 Å². The van der Waals surface area contributed by atoms with Crippen LogP contribution in [-0.4, -0.2) is 21.6 Å². The summed E-state index contributed by atoms with van der Waals surface area (Å²) in [5, 5.41) is 10.7. The lowest BCUT2D eigenvalue weighted by Gasteiger charge is -2.11. The number of benzene rings is 2. The lowest BCUT2D eigenvalue weighted by Crippen LogP contribution is -2.24. The molecule has 2 N–H and O–H groups in total. The highest BCUT2D eigenvalue weighted by Crippen LogP contribution is 2.38. The van der Waals surface area contributed by atoms with Gasteiger partial charge in [0.25, 0.3) is 5.91 Å². The minimum absolute atomic E-state index is 0.0714. The summed E-state index contributed by atoms with van der Waals surface area (Å²) in [4.78, 5) is 25.2. The molecule has 0 fully saturated rings. The summed E-state index contributed by atoms with van der Waals surface area (Å²) in [6.45, 7) is 3.83. The van der Waals surface area contributed by atoms with Gasteiger partial charge >= 0.3 is 0 Å². The molecule has 4 rings (SSSR count). The predicted molar refractivity (Wildman–Crippen MR) is 114 cm³/mol. The van der Waals surface area contributed by atoms with Gasteiger partial charge in [-0.3, -0.25) is 9.59 Å². The number of halogens is 2. The number of hydrogen-bond donors (Lipinski definition) is 2. The van der Waals surface area contributed by atoms with Crippen molar-refractivity contribution in [1.82, 2.24) is 9.78 Å². The quantitative estimate of drug-likeness (QED) is 0.619. The van der Waals surface area contributed by atoms with Gasteiger partial charge < -0.3 is 10.6 Å². The molecule has 30 heavy (non-hydrogen) atoms. The Bertz CT molecular complexity index is 1140. The van der Waals surface area contributed by atoms with Crippen molar-refractivity contribution in [3.8, 4) is 11.1 Å². The van der Waals surface area contributed by atoms with Crippen LogP contribution in [0.15, 0.2) is 42.5 Å². The Morgan fingerprint density at radius 2 is 2.00 bits per heavy atom. The second-order valence-corrected chi connectivity index (χ2v) is 7.60. The largest absolute Gasteiger partial charge is 0.326 e. The zero-order chi connectivity index (χ0) is 21.4. The van der Waals surface area contributed by atoms with Gasteiger partial charge in [-0.2, -0.15) is 5.10 Å². The molecule has 3 aromatic rings. The minimum Gasteiger partial charge on any atom is -0.326 e. The summed E-state index contributed by atoms with van der Waals surface area (Å²) in [7, 11) is 0. The molecule has 154 valence electrons. The Kier molecular flexibility index (Phi) is 5.30. The fourth-order valence-corrected chi connectivity index (χ4v) is 3.72. The maximum absolute atomic E-state index is 13.3. The van der Waals surface area contributed by atoms with Gasteiger partial charge in [0, 0.05) is 16.3 Å². The Balaban J connectivity index is 1.60. The normalized spacial score (nSPS) is 15.1. The number of carbonyl (C=O) groups excluding carboxylic acids is 2. The Morgan fingerprint density at radius 3 is 2.67 bits per heavy atom. The standard InChI is InChI=1S/C22H20ClFN4O2/c1-3-17-20(13-5-7-14(24)8-6-13)21-26-22(30)18(28(21)27-17)11-19(29)25-15-9-4-12(2)16(23)10-15/h4-10,18H,3,11H2,1-2H3,(H,25,29)(H,26,30). The summed E-state index contributed by atoms with van der Waals surface area (Å²) >= 11 is 6.11. The van der Waals surface area contributed by atoms with Gasteiger partial charge in [-0.15, -0.1) is 0 Å². The van der Waals surface area contributed by atoms with Crippen molar-refractivity contribution in [3.63, 3.8) is 0 Å². The van der Waals surface area contributed by atoms with Gasteiger partial charge in [-0.05, 0) is 48.7 Å². The fourth-order valence-electron chi connectivity index (χ4n) is 3.54. The number of aryl methyl sites for hydroxylation is 2. The average molecular weight is 427 g/mol. The van der Waals surface area contributed by atoms with E-state index in [2.05, 4.69) is 15.7 Å². The average Bonchev–Trinajstić information content (AvgIpc) is 3.21. The van der Waals surface area contributed by atoms with E-state index in [1.807, 2.05) is 19.9 Å². The van der Waals surface area contributed by atoms with Crippen LogP contribution in [0.5, 0.6) is 0 Å². The summed E-state index contributed by atoms with van der Waals surface area (Å²) in [6, 6.07) is 10.5. The number of hydrogen-bond acceptors (Lipinski definition) is 3. The van der Waals surface area contributed by atoms with Gasteiger partial charge in [0.1, 0.15) is 17.7 Å². The molecule has 6 nitrogen and oxygen atoms in total. The van der Waals surface area contributed by atoms with E-state index >= 15 is 0 Å². The second-order valence-electron chi connectivity index (χ2n) is 7.20. The number of anilines is 2. The Labute approximate surface area is 178 Å². The van der Waals surface area contributed by atoms with Gasteiger partial charge in [-0.1, -0.05) is 36.7 Å². The van der Waals surface area contributed by atoms with Crippen molar-refractivity contribution in [3.05, 3.63) is 64.6 Å². The fraction of sp³-hybridized carbons (Fsp3) is 0.227. The summed E-state index contributed by atoms with van der Waals surface area (Å²) < 4.78 is 14.9. The third-order valence-electron chi connectivity index (χ3n) is 5.12.